The number of aromatic nitrogens is 1. The molecule has 14 aromatic rings. The van der Waals surface area contributed by atoms with Crippen LogP contribution in [0.5, 0.6) is 0 Å². The molecule has 0 aliphatic carbocycles. The molecule has 13 aromatic carbocycles. The van der Waals surface area contributed by atoms with Crippen LogP contribution in [0.3, 0.4) is 0 Å². The third-order valence-electron chi connectivity index (χ3n) is 16.9. The van der Waals surface area contributed by atoms with Crippen molar-refractivity contribution < 1.29 is 0 Å². The van der Waals surface area contributed by atoms with Gasteiger partial charge in [0.25, 0.3) is 6.71 Å². The van der Waals surface area contributed by atoms with Crippen molar-refractivity contribution in [1.82, 2.24) is 4.98 Å². The van der Waals surface area contributed by atoms with E-state index in [9.17, 15) is 0 Å². The van der Waals surface area contributed by atoms with E-state index in [0.29, 0.717) is 0 Å². The quantitative estimate of drug-likeness (QED) is 0.134. The smallest absolute Gasteiger partial charge is 0.252 e. The Morgan fingerprint density at radius 3 is 0.843 bits per heavy atom. The van der Waals surface area contributed by atoms with E-state index in [2.05, 4.69) is 325 Å². The van der Waals surface area contributed by atoms with Crippen LogP contribution in [0.4, 0.5) is 34.1 Å². The Hall–Kier alpha value is -10.8. The predicted octanol–water partition coefficient (Wildman–Crippen LogP) is 19.1. The normalized spacial score (nSPS) is 12.3. The summed E-state index contributed by atoms with van der Waals surface area (Å²) >= 11 is 0. The van der Waals surface area contributed by atoms with Gasteiger partial charge in [-0.1, -0.05) is 218 Å². The fourth-order valence-electron chi connectivity index (χ4n) is 13.0. The first-order valence-electron chi connectivity index (χ1n) is 28.6. The lowest BCUT2D eigenvalue weighted by molar-refractivity contribution is 1.26. The molecule has 0 radical (unpaired) electrons. The maximum Gasteiger partial charge on any atom is 0.252 e. The molecular weight excluding hydrogens is 1000 g/mol. The van der Waals surface area contributed by atoms with Crippen LogP contribution in [0, 0.1) is 0 Å². The van der Waals surface area contributed by atoms with Gasteiger partial charge in [0.05, 0.1) is 11.4 Å². The van der Waals surface area contributed by atoms with E-state index in [1.54, 1.807) is 0 Å². The molecule has 16 rings (SSSR count). The van der Waals surface area contributed by atoms with E-state index in [4.69, 9.17) is 4.98 Å². The zero-order valence-corrected chi connectivity index (χ0v) is 45.4. The average molecular weight is 1050 g/mol. The van der Waals surface area contributed by atoms with Crippen LogP contribution in [0.2, 0.25) is 0 Å². The first-order chi connectivity index (χ1) is 41.1. The third-order valence-corrected chi connectivity index (χ3v) is 16.9. The molecule has 1 aromatic heterocycles. The Balaban J connectivity index is 1.01. The first kappa shape index (κ1) is 48.1. The molecule has 0 saturated carbocycles. The fraction of sp³-hybridized carbons (Fsp3) is 0. The molecule has 386 valence electrons. The SMILES string of the molecule is c1ccc(-c2cc(-c3ccccc3)cc(-c3cc(-c4cc5c6c(c4)N(c4ccccc4)c4cc7ccccc7cc4B6c4cc6ccccc6cc4N5c4ccccc4)cc(-c4cc(-c5ccccc5)cc(-c5ccccc5)c4)n3)c2)cc1. The number of nitrogens with zero attached hydrogens (tertiary/aromatic N) is 3. The van der Waals surface area contributed by atoms with Crippen LogP contribution < -0.4 is 26.2 Å². The molecule has 83 heavy (non-hydrogen) atoms. The summed E-state index contributed by atoms with van der Waals surface area (Å²) in [7, 11) is 0. The van der Waals surface area contributed by atoms with Gasteiger partial charge >= 0.3 is 0 Å². The Bertz CT molecular complexity index is 4370. The van der Waals surface area contributed by atoms with Crippen molar-refractivity contribution in [1.29, 1.82) is 0 Å². The van der Waals surface area contributed by atoms with Crippen LogP contribution in [0.15, 0.2) is 315 Å². The minimum absolute atomic E-state index is 0.0778. The van der Waals surface area contributed by atoms with Gasteiger partial charge in [0.1, 0.15) is 0 Å². The number of para-hydroxylation sites is 2. The summed E-state index contributed by atoms with van der Waals surface area (Å²) in [4.78, 5) is 10.9. The molecule has 2 aliphatic heterocycles. The molecule has 0 unspecified atom stereocenters. The van der Waals surface area contributed by atoms with E-state index in [-0.39, 0.29) is 6.71 Å². The van der Waals surface area contributed by atoms with E-state index in [0.717, 1.165) is 101 Å². The van der Waals surface area contributed by atoms with Gasteiger partial charge in [0.15, 0.2) is 0 Å². The van der Waals surface area contributed by atoms with E-state index in [1.807, 2.05) is 0 Å². The molecule has 0 fully saturated rings. The van der Waals surface area contributed by atoms with Crippen LogP contribution in [0.1, 0.15) is 0 Å². The zero-order valence-electron chi connectivity index (χ0n) is 45.4. The van der Waals surface area contributed by atoms with Gasteiger partial charge < -0.3 is 9.80 Å². The summed E-state index contributed by atoms with van der Waals surface area (Å²) in [6.45, 7) is -0.0778. The lowest BCUT2D eigenvalue weighted by Crippen LogP contribution is -2.61. The van der Waals surface area contributed by atoms with Gasteiger partial charge in [0.2, 0.25) is 0 Å². The molecule has 0 bridgehead atoms. The molecule has 3 heterocycles. The molecule has 0 N–H and O–H groups in total. The van der Waals surface area contributed by atoms with Crippen molar-refractivity contribution in [3.05, 3.63) is 315 Å². The maximum atomic E-state index is 5.81. The molecule has 0 amide bonds. The first-order valence-corrected chi connectivity index (χ1v) is 28.6. The van der Waals surface area contributed by atoms with Crippen molar-refractivity contribution in [2.24, 2.45) is 0 Å². The Morgan fingerprint density at radius 1 is 0.217 bits per heavy atom. The maximum absolute atomic E-state index is 5.81. The lowest BCUT2D eigenvalue weighted by atomic mass is 9.33. The fourth-order valence-corrected chi connectivity index (χ4v) is 13.0. The van der Waals surface area contributed by atoms with Crippen molar-refractivity contribution in [3.8, 4) is 78.1 Å². The second kappa shape index (κ2) is 20.1. The highest BCUT2D eigenvalue weighted by Gasteiger charge is 2.44. The van der Waals surface area contributed by atoms with E-state index < -0.39 is 0 Å². The molecule has 2 aliphatic rings. The molecule has 0 saturated heterocycles. The standard InChI is InChI=1S/C79H52BN3/c1-7-23-53(24-8-1)61-39-62(54-25-9-2-10-26-54)42-67(41-61)73-47-65(48-74(81-73)68-43-63(55-27-11-3-12-28-55)40-64(44-68)56-29-13-4-14-30-56)66-51-77-79-78(52-66)83(70-37-17-6-18-38-70)76-50-60-34-22-20-32-58(60)46-72(76)80(79)71-45-57-31-19-21-33-59(57)49-75(71)82(77)69-35-15-5-16-36-69/h1-52H. The Labute approximate surface area is 484 Å². The summed E-state index contributed by atoms with van der Waals surface area (Å²) in [5.74, 6) is 0. The number of pyridine rings is 1. The molecule has 3 nitrogen and oxygen atoms in total. The highest BCUT2D eigenvalue weighted by atomic mass is 15.2. The largest absolute Gasteiger partial charge is 0.311 e. The molecular formula is C79H52BN3. The minimum atomic E-state index is -0.0778. The molecule has 0 atom stereocenters. The second-order valence-electron chi connectivity index (χ2n) is 21.9. The Kier molecular flexibility index (Phi) is 11.6. The number of hydrogen-bond donors (Lipinski definition) is 0. The van der Waals surface area contributed by atoms with Gasteiger partial charge in [-0.3, -0.25) is 0 Å². The number of anilines is 6. The topological polar surface area (TPSA) is 19.4 Å². The van der Waals surface area contributed by atoms with Gasteiger partial charge in [0, 0.05) is 45.3 Å². The van der Waals surface area contributed by atoms with Crippen molar-refractivity contribution in [2.45, 2.75) is 0 Å². The second-order valence-corrected chi connectivity index (χ2v) is 21.9. The summed E-state index contributed by atoms with van der Waals surface area (Å²) in [6, 6.07) is 116. The van der Waals surface area contributed by atoms with Crippen molar-refractivity contribution in [3.63, 3.8) is 0 Å². The summed E-state index contributed by atoms with van der Waals surface area (Å²) in [5, 5.41) is 4.86. The highest BCUT2D eigenvalue weighted by Crippen LogP contribution is 2.48. The average Bonchev–Trinajstić information content (AvgIpc) is 3.07. The number of fused-ring (bicyclic) bond motifs is 6. The van der Waals surface area contributed by atoms with E-state index >= 15 is 0 Å². The lowest BCUT2D eigenvalue weighted by Gasteiger charge is -2.44. The van der Waals surface area contributed by atoms with Gasteiger partial charge in [-0.15, -0.1) is 0 Å². The van der Waals surface area contributed by atoms with Crippen molar-refractivity contribution in [2.75, 3.05) is 9.80 Å². The summed E-state index contributed by atoms with van der Waals surface area (Å²) < 4.78 is 0. The monoisotopic (exact) mass is 1050 g/mol. The Morgan fingerprint density at radius 2 is 0.494 bits per heavy atom. The molecule has 0 spiro atoms. The number of rotatable bonds is 9. The number of benzene rings is 13. The van der Waals surface area contributed by atoms with Gasteiger partial charge in [-0.2, -0.15) is 0 Å². The van der Waals surface area contributed by atoms with Gasteiger partial charge in [-0.05, 0) is 191 Å². The van der Waals surface area contributed by atoms with Crippen molar-refractivity contribution >= 4 is 78.8 Å². The summed E-state index contributed by atoms with van der Waals surface area (Å²) in [6.07, 6.45) is 0. The number of hydrogen-bond acceptors (Lipinski definition) is 3. The molecule has 4 heteroatoms. The van der Waals surface area contributed by atoms with E-state index in [1.165, 1.54) is 49.3 Å². The minimum Gasteiger partial charge on any atom is -0.311 e. The van der Waals surface area contributed by atoms with Crippen LogP contribution in [-0.2, 0) is 0 Å². The van der Waals surface area contributed by atoms with Crippen LogP contribution >= 0.6 is 0 Å². The zero-order chi connectivity index (χ0) is 54.8. The predicted molar refractivity (Wildman–Crippen MR) is 351 cm³/mol. The summed E-state index contributed by atoms with van der Waals surface area (Å²) in [5.41, 5.74) is 25.8. The van der Waals surface area contributed by atoms with Gasteiger partial charge in [-0.25, -0.2) is 4.98 Å². The van der Waals surface area contributed by atoms with Crippen LogP contribution in [-0.4, -0.2) is 11.7 Å². The third kappa shape index (κ3) is 8.59. The highest BCUT2D eigenvalue weighted by molar-refractivity contribution is 7.00. The van der Waals surface area contributed by atoms with Crippen LogP contribution in [0.25, 0.3) is 99.7 Å².